The minimum atomic E-state index is -0.340. The van der Waals surface area contributed by atoms with Crippen molar-refractivity contribution < 1.29 is 14.3 Å². The van der Waals surface area contributed by atoms with Gasteiger partial charge in [-0.2, -0.15) is 5.10 Å². The molecule has 2 aromatic carbocycles. The maximum absolute atomic E-state index is 12.7. The van der Waals surface area contributed by atoms with Crippen LogP contribution in [-0.4, -0.2) is 34.9 Å². The zero-order valence-corrected chi connectivity index (χ0v) is 16.1. The first kappa shape index (κ1) is 18.5. The molecule has 0 radical (unpaired) electrons. The van der Waals surface area contributed by atoms with E-state index in [0.29, 0.717) is 17.0 Å². The van der Waals surface area contributed by atoms with Crippen molar-refractivity contribution in [1.82, 2.24) is 20.1 Å². The predicted octanol–water partition coefficient (Wildman–Crippen LogP) is 2.21. The largest absolute Gasteiger partial charge is 0.497 e. The third-order valence-corrected chi connectivity index (χ3v) is 4.78. The summed E-state index contributed by atoms with van der Waals surface area (Å²) >= 11 is 0. The van der Waals surface area contributed by atoms with Gasteiger partial charge in [0.1, 0.15) is 23.6 Å². The fourth-order valence-electron chi connectivity index (χ4n) is 3.29. The average Bonchev–Trinajstić information content (AvgIpc) is 3.13. The van der Waals surface area contributed by atoms with Gasteiger partial charge in [0, 0.05) is 28.4 Å². The smallest absolute Gasteiger partial charge is 0.291 e. The van der Waals surface area contributed by atoms with Gasteiger partial charge in [-0.3, -0.25) is 9.59 Å². The van der Waals surface area contributed by atoms with Crippen LogP contribution in [0.25, 0.3) is 21.8 Å². The molecular weight excluding hydrogens is 372 g/mol. The Bertz CT molecular complexity index is 1260. The second kappa shape index (κ2) is 7.67. The summed E-state index contributed by atoms with van der Waals surface area (Å²) in [4.78, 5) is 28.3. The van der Waals surface area contributed by atoms with Crippen molar-refractivity contribution in [3.63, 3.8) is 0 Å². The molecule has 8 nitrogen and oxygen atoms in total. The summed E-state index contributed by atoms with van der Waals surface area (Å²) in [6.45, 7) is 0.0546. The standard InChI is InChI=1S/C21H20N4O4/c1-28-14-7-8-18(29-2)13(9-14)10-22-19(26)12-25-21(27)20-16(11-23-25)15-5-3-4-6-17(15)24-20/h3-9,11,24H,10,12H2,1-2H3,(H,22,26). The van der Waals surface area contributed by atoms with Crippen molar-refractivity contribution >= 4 is 27.7 Å². The normalized spacial score (nSPS) is 11.0. The summed E-state index contributed by atoms with van der Waals surface area (Å²) in [5.74, 6) is 0.970. The van der Waals surface area contributed by atoms with Crippen LogP contribution in [0.3, 0.4) is 0 Å². The zero-order chi connectivity index (χ0) is 20.4. The molecule has 0 unspecified atom stereocenters. The molecule has 0 aliphatic carbocycles. The van der Waals surface area contributed by atoms with Gasteiger partial charge < -0.3 is 19.8 Å². The van der Waals surface area contributed by atoms with E-state index in [1.165, 1.54) is 0 Å². The summed E-state index contributed by atoms with van der Waals surface area (Å²) in [5.41, 5.74) is 1.72. The summed E-state index contributed by atoms with van der Waals surface area (Å²) < 4.78 is 11.7. The fraction of sp³-hybridized carbons (Fsp3) is 0.190. The Kier molecular flexibility index (Phi) is 4.90. The Morgan fingerprint density at radius 2 is 1.97 bits per heavy atom. The molecule has 1 amide bonds. The topological polar surface area (TPSA) is 98.2 Å². The van der Waals surface area contributed by atoms with Crippen molar-refractivity contribution in [1.29, 1.82) is 0 Å². The number of amides is 1. The highest BCUT2D eigenvalue weighted by molar-refractivity contribution is 6.06. The third-order valence-electron chi connectivity index (χ3n) is 4.78. The van der Waals surface area contributed by atoms with Crippen LogP contribution in [-0.2, 0) is 17.9 Å². The summed E-state index contributed by atoms with van der Waals surface area (Å²) in [5, 5.41) is 8.62. The highest BCUT2D eigenvalue weighted by atomic mass is 16.5. The van der Waals surface area contributed by atoms with E-state index in [0.717, 1.165) is 26.5 Å². The number of nitrogens with zero attached hydrogens (tertiary/aromatic N) is 2. The molecule has 0 fully saturated rings. The van der Waals surface area contributed by atoms with Crippen molar-refractivity contribution in [3.8, 4) is 11.5 Å². The first-order chi connectivity index (χ1) is 14.1. The minimum absolute atomic E-state index is 0.184. The Morgan fingerprint density at radius 1 is 1.14 bits per heavy atom. The number of para-hydroxylation sites is 1. The van der Waals surface area contributed by atoms with Crippen molar-refractivity contribution in [2.24, 2.45) is 0 Å². The zero-order valence-electron chi connectivity index (χ0n) is 16.1. The van der Waals surface area contributed by atoms with E-state index >= 15 is 0 Å². The van der Waals surface area contributed by atoms with Gasteiger partial charge >= 0.3 is 0 Å². The van der Waals surface area contributed by atoms with Crippen molar-refractivity contribution in [3.05, 3.63) is 64.6 Å². The van der Waals surface area contributed by atoms with Crippen LogP contribution in [0.1, 0.15) is 5.56 Å². The molecular formula is C21H20N4O4. The van der Waals surface area contributed by atoms with Gasteiger partial charge in [0.05, 0.1) is 20.4 Å². The Balaban J connectivity index is 1.53. The third kappa shape index (κ3) is 3.52. The molecule has 0 bridgehead atoms. The van der Waals surface area contributed by atoms with E-state index < -0.39 is 0 Å². The number of nitrogens with one attached hydrogen (secondary N) is 2. The number of hydrogen-bond donors (Lipinski definition) is 2. The minimum Gasteiger partial charge on any atom is -0.497 e. The quantitative estimate of drug-likeness (QED) is 0.524. The average molecular weight is 392 g/mol. The Morgan fingerprint density at radius 3 is 2.76 bits per heavy atom. The number of aromatic nitrogens is 3. The van der Waals surface area contributed by atoms with E-state index in [-0.39, 0.29) is 24.6 Å². The van der Waals surface area contributed by atoms with Crippen LogP contribution in [0.2, 0.25) is 0 Å². The van der Waals surface area contributed by atoms with E-state index in [2.05, 4.69) is 15.4 Å². The number of H-pyrrole nitrogens is 1. The second-order valence-electron chi connectivity index (χ2n) is 6.52. The number of carbonyl (C=O) groups excluding carboxylic acids is 1. The van der Waals surface area contributed by atoms with Crippen LogP contribution in [0.15, 0.2) is 53.5 Å². The van der Waals surface area contributed by atoms with Gasteiger partial charge in [-0.15, -0.1) is 0 Å². The molecule has 29 heavy (non-hydrogen) atoms. The lowest BCUT2D eigenvalue weighted by Gasteiger charge is -2.11. The highest BCUT2D eigenvalue weighted by Gasteiger charge is 2.13. The fourth-order valence-corrected chi connectivity index (χ4v) is 3.29. The molecule has 148 valence electrons. The van der Waals surface area contributed by atoms with Gasteiger partial charge in [-0.25, -0.2) is 4.68 Å². The maximum Gasteiger partial charge on any atom is 0.291 e. The molecule has 4 rings (SSSR count). The number of methoxy groups -OCH3 is 2. The summed E-state index contributed by atoms with van der Waals surface area (Å²) in [6, 6.07) is 13.0. The molecule has 0 saturated carbocycles. The SMILES string of the molecule is COc1ccc(OC)c(CNC(=O)Cn2ncc3c([nH]c4ccccc43)c2=O)c1. The van der Waals surface area contributed by atoms with Crippen LogP contribution >= 0.6 is 0 Å². The molecule has 8 heteroatoms. The maximum atomic E-state index is 12.7. The molecule has 0 spiro atoms. The molecule has 0 atom stereocenters. The van der Waals surface area contributed by atoms with E-state index in [4.69, 9.17) is 9.47 Å². The molecule has 2 heterocycles. The Labute approximate surface area is 166 Å². The number of carbonyl (C=O) groups is 1. The van der Waals surface area contributed by atoms with E-state index in [9.17, 15) is 9.59 Å². The van der Waals surface area contributed by atoms with E-state index in [1.807, 2.05) is 24.3 Å². The number of hydrogen-bond acceptors (Lipinski definition) is 5. The van der Waals surface area contributed by atoms with Crippen LogP contribution in [0.4, 0.5) is 0 Å². The van der Waals surface area contributed by atoms with Gasteiger partial charge in [0.25, 0.3) is 5.56 Å². The highest BCUT2D eigenvalue weighted by Crippen LogP contribution is 2.24. The van der Waals surface area contributed by atoms with Gasteiger partial charge in [-0.1, -0.05) is 18.2 Å². The number of rotatable bonds is 6. The lowest BCUT2D eigenvalue weighted by atomic mass is 10.2. The second-order valence-corrected chi connectivity index (χ2v) is 6.52. The number of ether oxygens (including phenoxy) is 2. The van der Waals surface area contributed by atoms with Crippen molar-refractivity contribution in [2.45, 2.75) is 13.1 Å². The lowest BCUT2D eigenvalue weighted by molar-refractivity contribution is -0.122. The van der Waals surface area contributed by atoms with Gasteiger partial charge in [0.2, 0.25) is 5.91 Å². The van der Waals surface area contributed by atoms with E-state index in [1.54, 1.807) is 38.6 Å². The molecule has 0 aliphatic rings. The molecule has 0 saturated heterocycles. The number of aromatic amines is 1. The van der Waals surface area contributed by atoms with Crippen molar-refractivity contribution in [2.75, 3.05) is 14.2 Å². The summed E-state index contributed by atoms with van der Waals surface area (Å²) in [6.07, 6.45) is 1.61. The van der Waals surface area contributed by atoms with Gasteiger partial charge in [0.15, 0.2) is 0 Å². The first-order valence-corrected chi connectivity index (χ1v) is 9.05. The van der Waals surface area contributed by atoms with Crippen LogP contribution in [0.5, 0.6) is 11.5 Å². The number of fused-ring (bicyclic) bond motifs is 3. The summed E-state index contributed by atoms with van der Waals surface area (Å²) in [7, 11) is 3.13. The van der Waals surface area contributed by atoms with Crippen LogP contribution in [0, 0.1) is 0 Å². The Hall–Kier alpha value is -3.81. The monoisotopic (exact) mass is 392 g/mol. The van der Waals surface area contributed by atoms with Gasteiger partial charge in [-0.05, 0) is 24.3 Å². The predicted molar refractivity (Wildman–Crippen MR) is 109 cm³/mol. The van der Waals surface area contributed by atoms with Crippen LogP contribution < -0.4 is 20.3 Å². The molecule has 2 N–H and O–H groups in total. The molecule has 0 aliphatic heterocycles. The lowest BCUT2D eigenvalue weighted by Crippen LogP contribution is -2.33. The number of benzene rings is 2. The molecule has 2 aromatic heterocycles. The first-order valence-electron chi connectivity index (χ1n) is 9.05. The molecule has 4 aromatic rings.